The highest BCUT2D eigenvalue weighted by molar-refractivity contribution is 6.06. The SMILES string of the molecule is Cc1cc(C(=O)Nc2cc(-c3cc(CN4CCOCC4)ccc3F)ccc2N2CC3CN(C)CC3C2)cc(C)c1F. The van der Waals surface area contributed by atoms with Gasteiger partial charge in [-0.25, -0.2) is 8.78 Å². The molecule has 1 N–H and O–H groups in total. The van der Waals surface area contributed by atoms with Gasteiger partial charge in [-0.2, -0.15) is 0 Å². The van der Waals surface area contributed by atoms with Gasteiger partial charge in [0.2, 0.25) is 0 Å². The number of morpholine rings is 1. The zero-order valence-electron chi connectivity index (χ0n) is 24.1. The fraction of sp³-hybridized carbons (Fsp3) is 0.424. The topological polar surface area (TPSA) is 48.1 Å². The Morgan fingerprint density at radius 2 is 1.61 bits per heavy atom. The number of nitrogens with zero attached hydrogens (tertiary/aromatic N) is 3. The van der Waals surface area contributed by atoms with Crippen molar-refractivity contribution in [2.45, 2.75) is 20.4 Å². The number of hydrogen-bond acceptors (Lipinski definition) is 5. The van der Waals surface area contributed by atoms with E-state index in [2.05, 4.69) is 27.1 Å². The van der Waals surface area contributed by atoms with Crippen LogP contribution in [0.4, 0.5) is 20.2 Å². The van der Waals surface area contributed by atoms with Crippen molar-refractivity contribution in [2.24, 2.45) is 11.8 Å². The Labute approximate surface area is 240 Å². The zero-order chi connectivity index (χ0) is 28.7. The van der Waals surface area contributed by atoms with E-state index in [1.54, 1.807) is 26.0 Å². The average molecular weight is 561 g/mol. The summed E-state index contributed by atoms with van der Waals surface area (Å²) in [6.07, 6.45) is 0. The molecule has 3 aliphatic heterocycles. The van der Waals surface area contributed by atoms with Crippen LogP contribution in [0.1, 0.15) is 27.0 Å². The van der Waals surface area contributed by atoms with Gasteiger partial charge >= 0.3 is 0 Å². The molecule has 3 aliphatic rings. The maximum Gasteiger partial charge on any atom is 0.255 e. The molecule has 2 atom stereocenters. The monoisotopic (exact) mass is 560 g/mol. The Kier molecular flexibility index (Phi) is 7.81. The number of carbonyl (C=O) groups excluding carboxylic acids is 1. The lowest BCUT2D eigenvalue weighted by atomic mass is 10.00. The first kappa shape index (κ1) is 27.8. The van der Waals surface area contributed by atoms with Crippen molar-refractivity contribution in [3.05, 3.63) is 82.4 Å². The Morgan fingerprint density at radius 3 is 2.29 bits per heavy atom. The second-order valence-corrected chi connectivity index (χ2v) is 12.0. The number of amides is 1. The van der Waals surface area contributed by atoms with Crippen LogP contribution in [0, 0.1) is 37.3 Å². The third kappa shape index (κ3) is 5.87. The quantitative estimate of drug-likeness (QED) is 0.442. The van der Waals surface area contributed by atoms with E-state index in [4.69, 9.17) is 4.74 Å². The number of nitrogens with one attached hydrogen (secondary N) is 1. The minimum Gasteiger partial charge on any atom is -0.379 e. The van der Waals surface area contributed by atoms with Crippen LogP contribution < -0.4 is 10.2 Å². The number of carbonyl (C=O) groups is 1. The molecule has 3 fully saturated rings. The van der Waals surface area contributed by atoms with Gasteiger partial charge in [-0.1, -0.05) is 12.1 Å². The van der Waals surface area contributed by atoms with Crippen molar-refractivity contribution in [1.82, 2.24) is 9.80 Å². The molecule has 8 heteroatoms. The van der Waals surface area contributed by atoms with Crippen LogP contribution in [0.3, 0.4) is 0 Å². The summed E-state index contributed by atoms with van der Waals surface area (Å²) in [4.78, 5) is 20.5. The van der Waals surface area contributed by atoms with Gasteiger partial charge in [-0.3, -0.25) is 9.69 Å². The largest absolute Gasteiger partial charge is 0.379 e. The molecular formula is C33H38F2N4O2. The van der Waals surface area contributed by atoms with Crippen LogP contribution in [0.2, 0.25) is 0 Å². The van der Waals surface area contributed by atoms with E-state index in [9.17, 15) is 9.18 Å². The first-order valence-corrected chi connectivity index (χ1v) is 14.5. The van der Waals surface area contributed by atoms with E-state index in [1.807, 2.05) is 30.3 Å². The number of hydrogen-bond donors (Lipinski definition) is 1. The van der Waals surface area contributed by atoms with Crippen molar-refractivity contribution in [2.75, 3.05) is 69.7 Å². The fourth-order valence-corrected chi connectivity index (χ4v) is 6.68. The molecule has 0 saturated carbocycles. The van der Waals surface area contributed by atoms with Crippen molar-refractivity contribution < 1.29 is 18.3 Å². The second kappa shape index (κ2) is 11.5. The summed E-state index contributed by atoms with van der Waals surface area (Å²) < 4.78 is 35.0. The van der Waals surface area contributed by atoms with Crippen LogP contribution in [-0.2, 0) is 11.3 Å². The highest BCUT2D eigenvalue weighted by Crippen LogP contribution is 2.39. The first-order valence-electron chi connectivity index (χ1n) is 14.5. The third-order valence-electron chi connectivity index (χ3n) is 8.80. The molecule has 2 unspecified atom stereocenters. The molecule has 0 radical (unpaired) electrons. The molecule has 1 amide bonds. The zero-order valence-corrected chi connectivity index (χ0v) is 24.1. The fourth-order valence-electron chi connectivity index (χ4n) is 6.68. The lowest BCUT2D eigenvalue weighted by Crippen LogP contribution is -2.35. The van der Waals surface area contributed by atoms with Crippen LogP contribution in [0.25, 0.3) is 11.1 Å². The maximum atomic E-state index is 15.2. The Hall–Kier alpha value is -3.33. The van der Waals surface area contributed by atoms with Crippen LogP contribution >= 0.6 is 0 Å². The number of aryl methyl sites for hydroxylation is 2. The molecule has 0 aromatic heterocycles. The summed E-state index contributed by atoms with van der Waals surface area (Å²) in [6.45, 7) is 11.1. The lowest BCUT2D eigenvalue weighted by Gasteiger charge is -2.27. The molecule has 0 bridgehead atoms. The van der Waals surface area contributed by atoms with E-state index in [0.29, 0.717) is 58.6 Å². The highest BCUT2D eigenvalue weighted by Gasteiger charge is 2.39. The molecule has 0 spiro atoms. The molecule has 0 aliphatic carbocycles. The number of halogens is 2. The Morgan fingerprint density at radius 1 is 0.927 bits per heavy atom. The van der Waals surface area contributed by atoms with Gasteiger partial charge < -0.3 is 19.9 Å². The molecule has 6 nitrogen and oxygen atoms in total. The number of likely N-dealkylation sites (tertiary alicyclic amines) is 1. The summed E-state index contributed by atoms with van der Waals surface area (Å²) in [5.74, 6) is 0.254. The van der Waals surface area contributed by atoms with Crippen molar-refractivity contribution in [3.8, 4) is 11.1 Å². The van der Waals surface area contributed by atoms with Crippen molar-refractivity contribution >= 4 is 17.3 Å². The van der Waals surface area contributed by atoms with Gasteiger partial charge in [-0.05, 0) is 91.4 Å². The third-order valence-corrected chi connectivity index (χ3v) is 8.80. The predicted octanol–water partition coefficient (Wildman–Crippen LogP) is 5.33. The number of ether oxygens (including phenoxy) is 1. The van der Waals surface area contributed by atoms with E-state index >= 15 is 4.39 Å². The van der Waals surface area contributed by atoms with E-state index in [-0.39, 0.29) is 17.5 Å². The van der Waals surface area contributed by atoms with Gasteiger partial charge in [-0.15, -0.1) is 0 Å². The van der Waals surface area contributed by atoms with E-state index < -0.39 is 0 Å². The van der Waals surface area contributed by atoms with Gasteiger partial charge in [0.15, 0.2) is 0 Å². The standard InChI is InChI=1S/C33H38F2N4O2/c1-21-12-25(13-22(2)32(21)35)33(40)36-30-15-24(5-7-31(30)39-19-26-17-37(3)18-27(26)20-39)28-14-23(4-6-29(28)34)16-38-8-10-41-11-9-38/h4-7,12-15,26-27H,8-11,16-20H2,1-3H3,(H,36,40). The molecule has 3 aromatic rings. The molecule has 3 saturated heterocycles. The molecule has 41 heavy (non-hydrogen) atoms. The summed E-state index contributed by atoms with van der Waals surface area (Å²) >= 11 is 0. The van der Waals surface area contributed by atoms with Crippen molar-refractivity contribution in [3.63, 3.8) is 0 Å². The van der Waals surface area contributed by atoms with Crippen LogP contribution in [0.15, 0.2) is 48.5 Å². The summed E-state index contributed by atoms with van der Waals surface area (Å²) in [5, 5.41) is 3.10. The van der Waals surface area contributed by atoms with Crippen LogP contribution in [0.5, 0.6) is 0 Å². The van der Waals surface area contributed by atoms with Gasteiger partial charge in [0, 0.05) is 56.9 Å². The number of benzene rings is 3. The van der Waals surface area contributed by atoms with Gasteiger partial charge in [0.1, 0.15) is 11.6 Å². The average Bonchev–Trinajstić information content (AvgIpc) is 3.50. The predicted molar refractivity (Wildman–Crippen MR) is 158 cm³/mol. The summed E-state index contributed by atoms with van der Waals surface area (Å²) in [5.41, 5.74) is 5.07. The highest BCUT2D eigenvalue weighted by atomic mass is 19.1. The normalized spacial score (nSPS) is 21.3. The van der Waals surface area contributed by atoms with E-state index in [1.165, 1.54) is 6.07 Å². The summed E-state index contributed by atoms with van der Waals surface area (Å²) in [7, 11) is 2.16. The molecule has 6 rings (SSSR count). The molecule has 216 valence electrons. The van der Waals surface area contributed by atoms with Crippen molar-refractivity contribution in [1.29, 1.82) is 0 Å². The molecule has 3 heterocycles. The minimum atomic E-state index is -0.310. The van der Waals surface area contributed by atoms with Gasteiger partial charge in [0.05, 0.1) is 24.6 Å². The minimum absolute atomic E-state index is 0.301. The summed E-state index contributed by atoms with van der Waals surface area (Å²) in [6, 6.07) is 14.3. The van der Waals surface area contributed by atoms with Gasteiger partial charge in [0.25, 0.3) is 5.91 Å². The smallest absolute Gasteiger partial charge is 0.255 e. The maximum absolute atomic E-state index is 15.2. The number of rotatable bonds is 6. The van der Waals surface area contributed by atoms with E-state index in [0.717, 1.165) is 57.1 Å². The number of anilines is 2. The number of fused-ring (bicyclic) bond motifs is 1. The Bertz CT molecular complexity index is 1420. The lowest BCUT2D eigenvalue weighted by molar-refractivity contribution is 0.0342. The molecular weight excluding hydrogens is 522 g/mol. The molecule has 3 aromatic carbocycles. The second-order valence-electron chi connectivity index (χ2n) is 12.0. The first-order chi connectivity index (χ1) is 19.7. The van der Waals surface area contributed by atoms with Crippen LogP contribution in [-0.4, -0.2) is 75.2 Å². The Balaban J connectivity index is 1.33.